The normalized spacial score (nSPS) is 10.1. The summed E-state index contributed by atoms with van der Waals surface area (Å²) in [7, 11) is 1.44. The second-order valence-electron chi connectivity index (χ2n) is 4.92. The largest absolute Gasteiger partial charge is 0.477 e. The van der Waals surface area contributed by atoms with Crippen LogP contribution < -0.4 is 5.32 Å². The minimum atomic E-state index is -1.23. The minimum Gasteiger partial charge on any atom is -0.477 e. The summed E-state index contributed by atoms with van der Waals surface area (Å²) in [6.45, 7) is -0.214. The summed E-state index contributed by atoms with van der Waals surface area (Å²) in [5.41, 5.74) is 0.340. The Bertz CT molecular complexity index is 794. The number of hydrogen-bond acceptors (Lipinski definition) is 4. The molecule has 0 aliphatic carbocycles. The van der Waals surface area contributed by atoms with Crippen molar-refractivity contribution in [2.45, 2.75) is 0 Å². The fraction of sp³-hybridized carbons (Fsp3) is 0.125. The summed E-state index contributed by atoms with van der Waals surface area (Å²) in [6.07, 6.45) is 1.23. The minimum absolute atomic E-state index is 0.135. The van der Waals surface area contributed by atoms with Crippen molar-refractivity contribution in [2.75, 3.05) is 18.9 Å². The number of nitrogens with one attached hydrogen (secondary N) is 1. The van der Waals surface area contributed by atoms with Crippen LogP contribution in [-0.4, -0.2) is 46.4 Å². The van der Waals surface area contributed by atoms with Gasteiger partial charge < -0.3 is 15.3 Å². The molecule has 2 rings (SSSR count). The van der Waals surface area contributed by atoms with Crippen LogP contribution in [0.2, 0.25) is 5.02 Å². The third-order valence-electron chi connectivity index (χ3n) is 3.10. The predicted octanol–water partition coefficient (Wildman–Crippen LogP) is 2.14. The molecule has 0 aliphatic rings. The van der Waals surface area contributed by atoms with Gasteiger partial charge in [-0.25, -0.2) is 9.78 Å². The molecular weight excluding hydrogens is 334 g/mol. The van der Waals surface area contributed by atoms with Crippen LogP contribution >= 0.6 is 11.6 Å². The van der Waals surface area contributed by atoms with E-state index in [0.717, 1.165) is 6.07 Å². The fourth-order valence-electron chi connectivity index (χ4n) is 1.94. The van der Waals surface area contributed by atoms with Crippen molar-refractivity contribution in [1.29, 1.82) is 0 Å². The molecule has 0 radical (unpaired) electrons. The summed E-state index contributed by atoms with van der Waals surface area (Å²) < 4.78 is 0. The highest BCUT2D eigenvalue weighted by Crippen LogP contribution is 2.20. The van der Waals surface area contributed by atoms with Gasteiger partial charge in [0.05, 0.1) is 17.3 Å². The molecule has 0 spiro atoms. The molecule has 2 aromatic rings. The number of carboxylic acids is 1. The number of carbonyl (C=O) groups excluding carboxylic acids is 2. The van der Waals surface area contributed by atoms with Crippen LogP contribution in [0.25, 0.3) is 0 Å². The van der Waals surface area contributed by atoms with Gasteiger partial charge in [0.1, 0.15) is 5.69 Å². The van der Waals surface area contributed by atoms with Crippen molar-refractivity contribution < 1.29 is 19.5 Å². The smallest absolute Gasteiger partial charge is 0.354 e. The molecule has 0 aliphatic heterocycles. The Morgan fingerprint density at radius 3 is 2.62 bits per heavy atom. The maximum absolute atomic E-state index is 12.3. The zero-order valence-electron chi connectivity index (χ0n) is 12.7. The van der Waals surface area contributed by atoms with Crippen molar-refractivity contribution in [3.63, 3.8) is 0 Å². The molecule has 0 unspecified atom stereocenters. The van der Waals surface area contributed by atoms with Crippen LogP contribution in [0.3, 0.4) is 0 Å². The van der Waals surface area contributed by atoms with Crippen molar-refractivity contribution in [2.24, 2.45) is 0 Å². The topological polar surface area (TPSA) is 99.6 Å². The maximum Gasteiger partial charge on any atom is 0.354 e. The van der Waals surface area contributed by atoms with Crippen molar-refractivity contribution in [1.82, 2.24) is 9.88 Å². The van der Waals surface area contributed by atoms with Crippen LogP contribution in [0.5, 0.6) is 0 Å². The second-order valence-corrected chi connectivity index (χ2v) is 5.33. The third kappa shape index (κ3) is 4.30. The van der Waals surface area contributed by atoms with Gasteiger partial charge in [0.25, 0.3) is 5.91 Å². The Hall–Kier alpha value is -2.93. The molecule has 0 saturated heterocycles. The Labute approximate surface area is 142 Å². The first-order chi connectivity index (χ1) is 11.4. The molecule has 7 nitrogen and oxygen atoms in total. The Morgan fingerprint density at radius 2 is 1.96 bits per heavy atom. The second kappa shape index (κ2) is 7.56. The number of halogens is 1. The Balaban J connectivity index is 2.03. The van der Waals surface area contributed by atoms with Gasteiger partial charge in [-0.1, -0.05) is 23.7 Å². The van der Waals surface area contributed by atoms with E-state index in [9.17, 15) is 14.4 Å². The number of aromatic carboxylic acids is 1. The standard InChI is InChI=1S/C16H14ClN3O4/c1-20(9-14(21)19-12-5-3-2-4-11(12)17)15(22)10-6-7-18-13(8-10)16(23)24/h2-8H,9H2,1H3,(H,19,21)(H,23,24). The lowest BCUT2D eigenvalue weighted by atomic mass is 10.2. The van der Waals surface area contributed by atoms with E-state index < -0.39 is 17.8 Å². The summed E-state index contributed by atoms with van der Waals surface area (Å²) >= 11 is 5.95. The van der Waals surface area contributed by atoms with Gasteiger partial charge in [-0.3, -0.25) is 9.59 Å². The number of nitrogens with zero attached hydrogens (tertiary/aromatic N) is 2. The predicted molar refractivity (Wildman–Crippen MR) is 88.2 cm³/mol. The molecule has 1 aromatic heterocycles. The van der Waals surface area contributed by atoms with Crippen molar-refractivity contribution in [3.8, 4) is 0 Å². The SMILES string of the molecule is CN(CC(=O)Nc1ccccc1Cl)C(=O)c1ccnc(C(=O)O)c1. The van der Waals surface area contributed by atoms with Gasteiger partial charge in [-0.15, -0.1) is 0 Å². The molecule has 2 N–H and O–H groups in total. The van der Waals surface area contributed by atoms with Crippen LogP contribution in [0.15, 0.2) is 42.6 Å². The molecule has 0 bridgehead atoms. The molecule has 0 fully saturated rings. The summed E-state index contributed by atoms with van der Waals surface area (Å²) in [5.74, 6) is -2.15. The van der Waals surface area contributed by atoms with Gasteiger partial charge in [0.2, 0.25) is 5.91 Å². The number of benzene rings is 1. The first kappa shape index (κ1) is 17.4. The average Bonchev–Trinajstić information content (AvgIpc) is 2.56. The molecule has 24 heavy (non-hydrogen) atoms. The monoisotopic (exact) mass is 347 g/mol. The summed E-state index contributed by atoms with van der Waals surface area (Å²) in [4.78, 5) is 40.0. The first-order valence-electron chi connectivity index (χ1n) is 6.87. The molecule has 8 heteroatoms. The highest BCUT2D eigenvalue weighted by Gasteiger charge is 2.17. The van der Waals surface area contributed by atoms with E-state index in [1.54, 1.807) is 24.3 Å². The number of aromatic nitrogens is 1. The zero-order chi connectivity index (χ0) is 17.7. The molecule has 1 heterocycles. The number of carbonyl (C=O) groups is 3. The number of amides is 2. The maximum atomic E-state index is 12.3. The highest BCUT2D eigenvalue weighted by atomic mass is 35.5. The lowest BCUT2D eigenvalue weighted by Gasteiger charge is -2.17. The van der Waals surface area contributed by atoms with E-state index in [-0.39, 0.29) is 17.8 Å². The number of anilines is 1. The van der Waals surface area contributed by atoms with E-state index in [1.807, 2.05) is 0 Å². The highest BCUT2D eigenvalue weighted by molar-refractivity contribution is 6.33. The summed E-state index contributed by atoms with van der Waals surface area (Å²) in [6, 6.07) is 9.28. The molecule has 1 aromatic carbocycles. The van der Waals surface area contributed by atoms with Crippen LogP contribution in [0, 0.1) is 0 Å². The van der Waals surface area contributed by atoms with Gasteiger partial charge >= 0.3 is 5.97 Å². The van der Waals surface area contributed by atoms with E-state index in [1.165, 1.54) is 24.2 Å². The fourth-order valence-corrected chi connectivity index (χ4v) is 2.12. The molecule has 0 atom stereocenters. The van der Waals surface area contributed by atoms with Crippen LogP contribution in [-0.2, 0) is 4.79 Å². The average molecular weight is 348 g/mol. The van der Waals surface area contributed by atoms with Gasteiger partial charge in [0.15, 0.2) is 0 Å². The third-order valence-corrected chi connectivity index (χ3v) is 3.43. The molecule has 124 valence electrons. The molecular formula is C16H14ClN3O4. The van der Waals surface area contributed by atoms with E-state index >= 15 is 0 Å². The van der Waals surface area contributed by atoms with Gasteiger partial charge in [-0.2, -0.15) is 0 Å². The number of pyridine rings is 1. The van der Waals surface area contributed by atoms with E-state index in [0.29, 0.717) is 10.7 Å². The van der Waals surface area contributed by atoms with Crippen LogP contribution in [0.4, 0.5) is 5.69 Å². The van der Waals surface area contributed by atoms with Gasteiger partial charge in [-0.05, 0) is 24.3 Å². The number of para-hydroxylation sites is 1. The number of hydrogen-bond donors (Lipinski definition) is 2. The molecule has 2 amide bonds. The quantitative estimate of drug-likeness (QED) is 0.863. The zero-order valence-corrected chi connectivity index (χ0v) is 13.4. The van der Waals surface area contributed by atoms with Crippen molar-refractivity contribution >= 4 is 35.1 Å². The first-order valence-corrected chi connectivity index (χ1v) is 7.25. The molecule has 0 saturated carbocycles. The lowest BCUT2D eigenvalue weighted by molar-refractivity contribution is -0.116. The summed E-state index contributed by atoms with van der Waals surface area (Å²) in [5, 5.41) is 11.9. The number of carboxylic acid groups (broad SMARTS) is 1. The van der Waals surface area contributed by atoms with E-state index in [2.05, 4.69) is 10.3 Å². The Kier molecular flexibility index (Phi) is 5.49. The van der Waals surface area contributed by atoms with Gasteiger partial charge in [0, 0.05) is 18.8 Å². The van der Waals surface area contributed by atoms with Crippen LogP contribution in [0.1, 0.15) is 20.8 Å². The Morgan fingerprint density at radius 1 is 1.25 bits per heavy atom. The van der Waals surface area contributed by atoms with Crippen molar-refractivity contribution in [3.05, 3.63) is 58.9 Å². The van der Waals surface area contributed by atoms with E-state index in [4.69, 9.17) is 16.7 Å². The number of rotatable bonds is 5. The number of likely N-dealkylation sites (N-methyl/N-ethyl adjacent to an activating group) is 1. The lowest BCUT2D eigenvalue weighted by Crippen LogP contribution is -2.35.